The van der Waals surface area contributed by atoms with Crippen molar-refractivity contribution >= 4 is 27.6 Å². The van der Waals surface area contributed by atoms with E-state index in [0.29, 0.717) is 5.56 Å². The zero-order chi connectivity index (χ0) is 11.0. The number of halogens is 1. The van der Waals surface area contributed by atoms with Crippen molar-refractivity contribution in [3.05, 3.63) is 28.2 Å². The van der Waals surface area contributed by atoms with E-state index in [2.05, 4.69) is 27.8 Å². The van der Waals surface area contributed by atoms with E-state index in [4.69, 9.17) is 5.11 Å². The maximum Gasteiger partial charge on any atom is 0.335 e. The number of hydrogen-bond donors (Lipinski definition) is 1. The van der Waals surface area contributed by atoms with E-state index < -0.39 is 5.97 Å². The van der Waals surface area contributed by atoms with Gasteiger partial charge in [0, 0.05) is 17.6 Å². The third kappa shape index (κ3) is 2.00. The smallest absolute Gasteiger partial charge is 0.335 e. The summed E-state index contributed by atoms with van der Waals surface area (Å²) < 4.78 is 0.856. The van der Waals surface area contributed by atoms with Crippen LogP contribution in [0.5, 0.6) is 0 Å². The van der Waals surface area contributed by atoms with Crippen molar-refractivity contribution in [3.63, 3.8) is 0 Å². The molecule has 0 amide bonds. The zero-order valence-electron chi connectivity index (χ0n) is 8.40. The van der Waals surface area contributed by atoms with Gasteiger partial charge in [0.15, 0.2) is 0 Å². The van der Waals surface area contributed by atoms with Crippen molar-refractivity contribution in [1.82, 2.24) is 0 Å². The number of nitrogens with zero attached hydrogens (tertiary/aromatic N) is 1. The fourth-order valence-corrected chi connectivity index (χ4v) is 2.42. The third-order valence-electron chi connectivity index (χ3n) is 2.60. The second-order valence-corrected chi connectivity index (χ2v) is 4.84. The second kappa shape index (κ2) is 3.85. The lowest BCUT2D eigenvalue weighted by Gasteiger charge is -2.39. The Kier molecular flexibility index (Phi) is 2.69. The first-order valence-corrected chi connectivity index (χ1v) is 5.65. The number of carboxylic acid groups (broad SMARTS) is 1. The van der Waals surface area contributed by atoms with Crippen LogP contribution in [0.2, 0.25) is 0 Å². The molecular weight excluding hydrogens is 258 g/mol. The average molecular weight is 270 g/mol. The molecule has 0 aromatic heterocycles. The van der Waals surface area contributed by atoms with Gasteiger partial charge in [-0.05, 0) is 40.0 Å². The first-order valence-electron chi connectivity index (χ1n) is 4.85. The molecule has 1 saturated heterocycles. The van der Waals surface area contributed by atoms with Crippen LogP contribution in [0, 0.1) is 5.92 Å². The van der Waals surface area contributed by atoms with Crippen LogP contribution in [0.1, 0.15) is 17.3 Å². The summed E-state index contributed by atoms with van der Waals surface area (Å²) in [6, 6.07) is 5.16. The van der Waals surface area contributed by atoms with Crippen LogP contribution in [0.4, 0.5) is 5.69 Å². The lowest BCUT2D eigenvalue weighted by molar-refractivity contribution is 0.0697. The fraction of sp³-hybridized carbons (Fsp3) is 0.364. The minimum absolute atomic E-state index is 0.319. The summed E-state index contributed by atoms with van der Waals surface area (Å²) in [6.45, 7) is 4.30. The standard InChI is InChI=1S/C11H12BrNO2/c1-7-5-13(6-7)10-3-2-8(11(14)15)4-9(10)12/h2-4,7H,5-6H2,1H3,(H,14,15). The Morgan fingerprint density at radius 3 is 2.67 bits per heavy atom. The Bertz CT molecular complexity index is 400. The van der Waals surface area contributed by atoms with Crippen LogP contribution in [-0.4, -0.2) is 24.2 Å². The summed E-state index contributed by atoms with van der Waals surface area (Å²) in [6.07, 6.45) is 0. The molecule has 1 aliphatic rings. The highest BCUT2D eigenvalue weighted by Gasteiger charge is 2.24. The predicted octanol–water partition coefficient (Wildman–Crippen LogP) is 2.60. The number of rotatable bonds is 2. The van der Waals surface area contributed by atoms with E-state index in [9.17, 15) is 4.79 Å². The molecule has 0 spiro atoms. The number of aromatic carboxylic acids is 1. The Labute approximate surface area is 96.8 Å². The van der Waals surface area contributed by atoms with Gasteiger partial charge in [-0.2, -0.15) is 0 Å². The molecule has 80 valence electrons. The summed E-state index contributed by atoms with van der Waals surface area (Å²) >= 11 is 3.41. The maximum atomic E-state index is 10.7. The number of carbonyl (C=O) groups is 1. The number of carboxylic acids is 1. The van der Waals surface area contributed by atoms with Gasteiger partial charge in [0.05, 0.1) is 11.3 Å². The molecule has 0 aliphatic carbocycles. The first-order chi connectivity index (χ1) is 7.08. The summed E-state index contributed by atoms with van der Waals surface area (Å²) in [5, 5.41) is 8.82. The van der Waals surface area contributed by atoms with Crippen molar-refractivity contribution < 1.29 is 9.90 Å². The molecular formula is C11H12BrNO2. The van der Waals surface area contributed by atoms with Gasteiger partial charge in [0.1, 0.15) is 0 Å². The van der Waals surface area contributed by atoms with Crippen molar-refractivity contribution in [1.29, 1.82) is 0 Å². The first kappa shape index (κ1) is 10.5. The molecule has 4 heteroatoms. The normalized spacial score (nSPS) is 16.3. The number of hydrogen-bond acceptors (Lipinski definition) is 2. The van der Waals surface area contributed by atoms with Crippen molar-refractivity contribution in [3.8, 4) is 0 Å². The van der Waals surface area contributed by atoms with Gasteiger partial charge < -0.3 is 10.0 Å². The van der Waals surface area contributed by atoms with Gasteiger partial charge in [0.25, 0.3) is 0 Å². The molecule has 1 aromatic rings. The summed E-state index contributed by atoms with van der Waals surface area (Å²) in [5.41, 5.74) is 1.40. The molecule has 2 rings (SSSR count). The number of anilines is 1. The molecule has 0 bridgehead atoms. The molecule has 1 aromatic carbocycles. The Morgan fingerprint density at radius 2 is 2.20 bits per heavy atom. The molecule has 15 heavy (non-hydrogen) atoms. The summed E-state index contributed by atoms with van der Waals surface area (Å²) in [4.78, 5) is 13.0. The summed E-state index contributed by atoms with van der Waals surface area (Å²) in [7, 11) is 0. The largest absolute Gasteiger partial charge is 0.478 e. The fourth-order valence-electron chi connectivity index (χ4n) is 1.79. The molecule has 0 atom stereocenters. The van der Waals surface area contributed by atoms with Gasteiger partial charge in [-0.1, -0.05) is 6.92 Å². The van der Waals surface area contributed by atoms with Gasteiger partial charge >= 0.3 is 5.97 Å². The Morgan fingerprint density at radius 1 is 1.53 bits per heavy atom. The van der Waals surface area contributed by atoms with Gasteiger partial charge in [-0.15, -0.1) is 0 Å². The van der Waals surface area contributed by atoms with E-state index in [1.54, 1.807) is 12.1 Å². The minimum Gasteiger partial charge on any atom is -0.478 e. The maximum absolute atomic E-state index is 10.7. The molecule has 0 unspecified atom stereocenters. The van der Waals surface area contributed by atoms with Crippen LogP contribution in [0.15, 0.2) is 22.7 Å². The van der Waals surface area contributed by atoms with E-state index in [1.165, 1.54) is 0 Å². The lowest BCUT2D eigenvalue weighted by atomic mass is 10.0. The average Bonchev–Trinajstić information content (AvgIpc) is 2.13. The van der Waals surface area contributed by atoms with E-state index in [0.717, 1.165) is 29.2 Å². The van der Waals surface area contributed by atoms with Crippen LogP contribution >= 0.6 is 15.9 Å². The zero-order valence-corrected chi connectivity index (χ0v) is 9.99. The third-order valence-corrected chi connectivity index (χ3v) is 3.23. The SMILES string of the molecule is CC1CN(c2ccc(C(=O)O)cc2Br)C1. The van der Waals surface area contributed by atoms with Crippen molar-refractivity contribution in [2.45, 2.75) is 6.92 Å². The highest BCUT2D eigenvalue weighted by molar-refractivity contribution is 9.10. The van der Waals surface area contributed by atoms with Gasteiger partial charge in [0.2, 0.25) is 0 Å². The Balaban J connectivity index is 2.23. The lowest BCUT2D eigenvalue weighted by Crippen LogP contribution is -2.45. The topological polar surface area (TPSA) is 40.5 Å². The van der Waals surface area contributed by atoms with Crippen LogP contribution in [0.25, 0.3) is 0 Å². The second-order valence-electron chi connectivity index (χ2n) is 3.98. The van der Waals surface area contributed by atoms with Gasteiger partial charge in [-0.25, -0.2) is 4.79 Å². The van der Waals surface area contributed by atoms with E-state index in [-0.39, 0.29) is 0 Å². The molecule has 3 nitrogen and oxygen atoms in total. The molecule has 1 fully saturated rings. The molecule has 1 N–H and O–H groups in total. The molecule has 0 saturated carbocycles. The minimum atomic E-state index is -0.890. The summed E-state index contributed by atoms with van der Waals surface area (Å²) in [5.74, 6) is -0.157. The molecule has 1 aliphatic heterocycles. The van der Waals surface area contributed by atoms with Gasteiger partial charge in [-0.3, -0.25) is 0 Å². The van der Waals surface area contributed by atoms with Crippen LogP contribution in [-0.2, 0) is 0 Å². The highest BCUT2D eigenvalue weighted by Crippen LogP contribution is 2.32. The highest BCUT2D eigenvalue weighted by atomic mass is 79.9. The predicted molar refractivity (Wildman–Crippen MR) is 62.5 cm³/mol. The quantitative estimate of drug-likeness (QED) is 0.898. The monoisotopic (exact) mass is 269 g/mol. The van der Waals surface area contributed by atoms with E-state index >= 15 is 0 Å². The van der Waals surface area contributed by atoms with Crippen molar-refractivity contribution in [2.24, 2.45) is 5.92 Å². The van der Waals surface area contributed by atoms with Crippen LogP contribution < -0.4 is 4.90 Å². The van der Waals surface area contributed by atoms with E-state index in [1.807, 2.05) is 6.07 Å². The van der Waals surface area contributed by atoms with Crippen LogP contribution in [0.3, 0.4) is 0 Å². The number of benzene rings is 1. The van der Waals surface area contributed by atoms with Crippen molar-refractivity contribution in [2.75, 3.05) is 18.0 Å². The molecule has 0 radical (unpaired) electrons. The Hall–Kier alpha value is -1.03. The molecule has 1 heterocycles.